The molecule has 154 valence electrons. The second-order valence-corrected chi connectivity index (χ2v) is 7.87. The smallest absolute Gasteiger partial charge is 0.271 e. The van der Waals surface area contributed by atoms with Crippen LogP contribution >= 0.6 is 0 Å². The summed E-state index contributed by atoms with van der Waals surface area (Å²) in [6.45, 7) is 4.33. The summed E-state index contributed by atoms with van der Waals surface area (Å²) in [7, 11) is 2.11. The Kier molecular flexibility index (Phi) is 5.33. The van der Waals surface area contributed by atoms with Crippen molar-refractivity contribution in [3.05, 3.63) is 40.1 Å². The molecular weight excluding hydrogens is 372 g/mol. The van der Waals surface area contributed by atoms with Gasteiger partial charge in [0.2, 0.25) is 5.95 Å². The van der Waals surface area contributed by atoms with E-state index < -0.39 is 11.0 Å². The highest BCUT2D eigenvalue weighted by Crippen LogP contribution is 2.27. The Labute approximate surface area is 168 Å². The van der Waals surface area contributed by atoms with Crippen LogP contribution in [-0.4, -0.2) is 62.5 Å². The van der Waals surface area contributed by atoms with Crippen molar-refractivity contribution in [2.24, 2.45) is 4.99 Å². The minimum Gasteiger partial charge on any atom is -0.387 e. The van der Waals surface area contributed by atoms with E-state index in [-0.39, 0.29) is 11.7 Å². The van der Waals surface area contributed by atoms with Crippen LogP contribution in [0, 0.1) is 10.1 Å². The molecule has 1 aromatic heterocycles. The van der Waals surface area contributed by atoms with E-state index >= 15 is 0 Å². The number of aliphatic imine (C=N–C) groups is 1. The number of aromatic nitrogens is 2. The van der Waals surface area contributed by atoms with E-state index in [0.29, 0.717) is 30.1 Å². The van der Waals surface area contributed by atoms with Crippen LogP contribution in [0.15, 0.2) is 35.0 Å². The van der Waals surface area contributed by atoms with Gasteiger partial charge in [-0.05, 0) is 52.4 Å². The van der Waals surface area contributed by atoms with E-state index in [1.54, 1.807) is 6.07 Å². The SMILES string of the molecule is CC1=CCC(O)C(Cn2c(NC3CCN(C)CC3)nc3cc([N+](=O)[O-])ccc32)=N1. The van der Waals surface area contributed by atoms with Gasteiger partial charge in [-0.1, -0.05) is 6.08 Å². The number of likely N-dealkylation sites (tertiary alicyclic amines) is 1. The molecule has 0 spiro atoms. The number of nitro benzene ring substituents is 1. The summed E-state index contributed by atoms with van der Waals surface area (Å²) in [5.74, 6) is 0.664. The van der Waals surface area contributed by atoms with E-state index in [0.717, 1.165) is 37.1 Å². The van der Waals surface area contributed by atoms with Crippen LogP contribution < -0.4 is 5.32 Å². The molecule has 1 saturated heterocycles. The third-order valence-corrected chi connectivity index (χ3v) is 5.66. The number of nitrogens with zero attached hydrogens (tertiary/aromatic N) is 5. The highest BCUT2D eigenvalue weighted by molar-refractivity contribution is 5.92. The van der Waals surface area contributed by atoms with Crippen molar-refractivity contribution in [2.45, 2.75) is 44.9 Å². The standard InChI is InChI=1S/C20H26N6O3/c1-13-3-6-19(27)17(21-13)12-25-18-5-4-15(26(28)29)11-16(18)23-20(25)22-14-7-9-24(2)10-8-14/h3-5,11,14,19,27H,6-10,12H2,1-2H3,(H,22,23). The molecule has 1 fully saturated rings. The maximum absolute atomic E-state index is 11.2. The lowest BCUT2D eigenvalue weighted by Gasteiger charge is -2.30. The van der Waals surface area contributed by atoms with Crippen LogP contribution in [0.1, 0.15) is 26.2 Å². The number of imidazole rings is 1. The first-order valence-electron chi connectivity index (χ1n) is 9.93. The van der Waals surface area contributed by atoms with Crippen LogP contribution in [0.3, 0.4) is 0 Å². The molecule has 0 saturated carbocycles. The zero-order valence-corrected chi connectivity index (χ0v) is 16.7. The lowest BCUT2D eigenvalue weighted by Crippen LogP contribution is -2.37. The fourth-order valence-electron chi connectivity index (χ4n) is 3.91. The van der Waals surface area contributed by atoms with E-state index in [4.69, 9.17) is 0 Å². The molecule has 0 bridgehead atoms. The number of aliphatic hydroxyl groups is 1. The fourth-order valence-corrected chi connectivity index (χ4v) is 3.91. The Morgan fingerprint density at radius 1 is 1.34 bits per heavy atom. The zero-order chi connectivity index (χ0) is 20.5. The number of piperidine rings is 1. The Morgan fingerprint density at radius 2 is 2.10 bits per heavy atom. The molecule has 1 aromatic carbocycles. The quantitative estimate of drug-likeness (QED) is 0.592. The van der Waals surface area contributed by atoms with E-state index in [1.807, 2.05) is 17.6 Å². The van der Waals surface area contributed by atoms with Crippen LogP contribution in [0.2, 0.25) is 0 Å². The van der Waals surface area contributed by atoms with Crippen molar-refractivity contribution in [3.63, 3.8) is 0 Å². The average molecular weight is 398 g/mol. The van der Waals surface area contributed by atoms with Gasteiger partial charge in [0.1, 0.15) is 0 Å². The lowest BCUT2D eigenvalue weighted by molar-refractivity contribution is -0.384. The topological polar surface area (TPSA) is 109 Å². The molecule has 4 rings (SSSR count). The number of nitrogens with one attached hydrogen (secondary N) is 1. The molecule has 2 N–H and O–H groups in total. The van der Waals surface area contributed by atoms with Gasteiger partial charge in [0.25, 0.3) is 5.69 Å². The Balaban J connectivity index is 1.71. The second-order valence-electron chi connectivity index (χ2n) is 7.87. The molecule has 0 radical (unpaired) electrons. The Morgan fingerprint density at radius 3 is 2.83 bits per heavy atom. The Hall–Kier alpha value is -2.78. The second kappa shape index (κ2) is 7.92. The summed E-state index contributed by atoms with van der Waals surface area (Å²) in [5.41, 5.74) is 2.92. The number of fused-ring (bicyclic) bond motifs is 1. The molecule has 3 heterocycles. The maximum Gasteiger partial charge on any atom is 0.271 e. The first-order chi connectivity index (χ1) is 13.9. The molecule has 9 heteroatoms. The van der Waals surface area contributed by atoms with Gasteiger partial charge in [0.15, 0.2) is 0 Å². The summed E-state index contributed by atoms with van der Waals surface area (Å²) < 4.78 is 1.97. The predicted octanol–water partition coefficient (Wildman–Crippen LogP) is 2.56. The van der Waals surface area contributed by atoms with Crippen molar-refractivity contribution >= 4 is 28.4 Å². The van der Waals surface area contributed by atoms with Gasteiger partial charge in [-0.15, -0.1) is 0 Å². The van der Waals surface area contributed by atoms with E-state index in [9.17, 15) is 15.2 Å². The zero-order valence-electron chi connectivity index (χ0n) is 16.7. The van der Waals surface area contributed by atoms with Gasteiger partial charge in [-0.2, -0.15) is 0 Å². The summed E-state index contributed by atoms with van der Waals surface area (Å²) in [5, 5.41) is 25.1. The summed E-state index contributed by atoms with van der Waals surface area (Å²) in [6, 6.07) is 5.00. The fraction of sp³-hybridized carbons (Fsp3) is 0.500. The number of nitro groups is 1. The van der Waals surface area contributed by atoms with Gasteiger partial charge in [0, 0.05) is 23.9 Å². The van der Waals surface area contributed by atoms with Gasteiger partial charge < -0.3 is 19.9 Å². The van der Waals surface area contributed by atoms with Gasteiger partial charge in [-0.25, -0.2) is 4.98 Å². The van der Waals surface area contributed by atoms with Crippen LogP contribution in [0.25, 0.3) is 11.0 Å². The van der Waals surface area contributed by atoms with Crippen LogP contribution in [0.4, 0.5) is 11.6 Å². The molecule has 2 aliphatic heterocycles. The molecule has 1 unspecified atom stereocenters. The molecule has 2 aliphatic rings. The third-order valence-electron chi connectivity index (χ3n) is 5.66. The minimum absolute atomic E-state index is 0.0156. The van der Waals surface area contributed by atoms with Crippen LogP contribution in [0.5, 0.6) is 0 Å². The van der Waals surface area contributed by atoms with E-state index in [2.05, 4.69) is 27.2 Å². The van der Waals surface area contributed by atoms with Crippen molar-refractivity contribution in [3.8, 4) is 0 Å². The number of aliphatic hydroxyl groups excluding tert-OH is 1. The van der Waals surface area contributed by atoms with Gasteiger partial charge >= 0.3 is 0 Å². The van der Waals surface area contributed by atoms with E-state index in [1.165, 1.54) is 12.1 Å². The highest BCUT2D eigenvalue weighted by atomic mass is 16.6. The number of anilines is 1. The van der Waals surface area contributed by atoms with Crippen LogP contribution in [-0.2, 0) is 6.54 Å². The first-order valence-corrected chi connectivity index (χ1v) is 9.93. The molecular formula is C20H26N6O3. The minimum atomic E-state index is -0.634. The summed E-state index contributed by atoms with van der Waals surface area (Å²) in [6.07, 6.45) is 3.84. The highest BCUT2D eigenvalue weighted by Gasteiger charge is 2.23. The number of rotatable bonds is 5. The maximum atomic E-state index is 11.2. The summed E-state index contributed by atoms with van der Waals surface area (Å²) >= 11 is 0. The molecule has 0 amide bonds. The summed E-state index contributed by atoms with van der Waals surface area (Å²) in [4.78, 5) is 22.2. The Bertz CT molecular complexity index is 988. The predicted molar refractivity (Wildman–Crippen MR) is 112 cm³/mol. The monoisotopic (exact) mass is 398 g/mol. The van der Waals surface area contributed by atoms with Crippen molar-refractivity contribution in [1.29, 1.82) is 0 Å². The molecule has 1 atom stereocenters. The molecule has 0 aliphatic carbocycles. The van der Waals surface area contributed by atoms with Crippen molar-refractivity contribution in [1.82, 2.24) is 14.5 Å². The first kappa shape index (κ1) is 19.5. The van der Waals surface area contributed by atoms with Gasteiger partial charge in [0.05, 0.1) is 34.3 Å². The van der Waals surface area contributed by atoms with Crippen molar-refractivity contribution in [2.75, 3.05) is 25.5 Å². The van der Waals surface area contributed by atoms with Gasteiger partial charge in [-0.3, -0.25) is 15.1 Å². The molecule has 29 heavy (non-hydrogen) atoms. The third kappa shape index (κ3) is 4.15. The van der Waals surface area contributed by atoms with Crippen molar-refractivity contribution < 1.29 is 10.0 Å². The average Bonchev–Trinajstić information content (AvgIpc) is 3.02. The number of benzene rings is 1. The molecule has 9 nitrogen and oxygen atoms in total. The molecule has 2 aromatic rings. The normalized spacial score (nSPS) is 21.1. The largest absolute Gasteiger partial charge is 0.387 e. The number of hydrogen-bond acceptors (Lipinski definition) is 7. The lowest BCUT2D eigenvalue weighted by atomic mass is 10.1. The number of hydrogen-bond donors (Lipinski definition) is 2. The number of allylic oxidation sites excluding steroid dienone is 1. The number of non-ortho nitro benzene ring substituents is 1.